The van der Waals surface area contributed by atoms with Gasteiger partial charge in [0.05, 0.1) is 17.5 Å². The molecule has 1 aromatic carbocycles. The predicted octanol–water partition coefficient (Wildman–Crippen LogP) is 2.49. The Labute approximate surface area is 95.1 Å². The van der Waals surface area contributed by atoms with Crippen LogP contribution in [0.25, 0.3) is 11.0 Å². The first-order chi connectivity index (χ1) is 7.72. The van der Waals surface area contributed by atoms with Crippen LogP contribution in [0.4, 0.5) is 0 Å². The zero-order valence-electron chi connectivity index (χ0n) is 9.73. The fraction of sp³-hybridized carbons (Fsp3) is 0.385. The number of hydrogen-bond donors (Lipinski definition) is 0. The van der Waals surface area contributed by atoms with E-state index in [1.807, 2.05) is 42.8 Å². The maximum Gasteiger partial charge on any atom is 0.140 e. The molecule has 1 heterocycles. The van der Waals surface area contributed by atoms with Crippen molar-refractivity contribution in [1.82, 2.24) is 9.55 Å². The third-order valence-electron chi connectivity index (χ3n) is 2.76. The van der Waals surface area contributed by atoms with E-state index in [1.54, 1.807) is 0 Å². The van der Waals surface area contributed by atoms with E-state index in [1.165, 1.54) is 0 Å². The normalized spacial score (nSPS) is 10.9. The molecule has 0 amide bonds. The van der Waals surface area contributed by atoms with E-state index < -0.39 is 0 Å². The van der Waals surface area contributed by atoms with E-state index in [2.05, 4.69) is 4.98 Å². The highest BCUT2D eigenvalue weighted by Crippen LogP contribution is 2.15. The summed E-state index contributed by atoms with van der Waals surface area (Å²) in [6, 6.07) is 7.95. The molecule has 2 rings (SSSR count). The van der Waals surface area contributed by atoms with Gasteiger partial charge in [0.25, 0.3) is 0 Å². The van der Waals surface area contributed by atoms with Crippen LogP contribution in [0, 0.1) is 0 Å². The molecule has 0 saturated carbocycles. The molecule has 0 aliphatic rings. The van der Waals surface area contributed by atoms with Gasteiger partial charge in [0, 0.05) is 13.5 Å². The second-order valence-corrected chi connectivity index (χ2v) is 4.04. The monoisotopic (exact) mass is 216 g/mol. The maximum absolute atomic E-state index is 11.6. The molecule has 0 fully saturated rings. The van der Waals surface area contributed by atoms with E-state index in [9.17, 15) is 4.79 Å². The van der Waals surface area contributed by atoms with Crippen molar-refractivity contribution < 1.29 is 4.79 Å². The fourth-order valence-electron chi connectivity index (χ4n) is 1.90. The lowest BCUT2D eigenvalue weighted by Crippen LogP contribution is -2.07. The number of benzene rings is 1. The van der Waals surface area contributed by atoms with E-state index in [-0.39, 0.29) is 5.78 Å². The largest absolute Gasteiger partial charge is 0.331 e. The Hall–Kier alpha value is -1.64. The summed E-state index contributed by atoms with van der Waals surface area (Å²) in [4.78, 5) is 16.1. The number of aryl methyl sites for hydroxylation is 1. The highest BCUT2D eigenvalue weighted by molar-refractivity contribution is 5.82. The predicted molar refractivity (Wildman–Crippen MR) is 64.3 cm³/mol. The maximum atomic E-state index is 11.6. The molecule has 84 valence electrons. The van der Waals surface area contributed by atoms with Gasteiger partial charge in [-0.05, 0) is 18.6 Å². The topological polar surface area (TPSA) is 34.9 Å². The van der Waals surface area contributed by atoms with Crippen molar-refractivity contribution >= 4 is 16.8 Å². The molecule has 1 aromatic heterocycles. The molecule has 0 spiro atoms. The molecule has 0 atom stereocenters. The first kappa shape index (κ1) is 10.9. The van der Waals surface area contributed by atoms with Gasteiger partial charge < -0.3 is 4.57 Å². The molecule has 0 aliphatic heterocycles. The van der Waals surface area contributed by atoms with Gasteiger partial charge in [0.2, 0.25) is 0 Å². The molecule has 0 N–H and O–H groups in total. The summed E-state index contributed by atoms with van der Waals surface area (Å²) >= 11 is 0. The Morgan fingerprint density at radius 1 is 1.38 bits per heavy atom. The molecule has 3 nitrogen and oxygen atoms in total. The number of para-hydroxylation sites is 2. The van der Waals surface area contributed by atoms with Crippen LogP contribution in [0.3, 0.4) is 0 Å². The number of nitrogens with zero attached hydrogens (tertiary/aromatic N) is 2. The fourth-order valence-corrected chi connectivity index (χ4v) is 1.90. The Balaban J connectivity index is 2.31. The summed E-state index contributed by atoms with van der Waals surface area (Å²) in [6.45, 7) is 2.02. The molecular formula is C13H16N2O. The Morgan fingerprint density at radius 2 is 2.12 bits per heavy atom. The van der Waals surface area contributed by atoms with Crippen LogP contribution in [0.5, 0.6) is 0 Å². The van der Waals surface area contributed by atoms with Crippen LogP contribution in [-0.2, 0) is 18.3 Å². The number of fused-ring (bicyclic) bond motifs is 1. The van der Waals surface area contributed by atoms with Gasteiger partial charge in [-0.25, -0.2) is 4.98 Å². The molecule has 3 heteroatoms. The average molecular weight is 216 g/mol. The van der Waals surface area contributed by atoms with Crippen LogP contribution in [0.1, 0.15) is 25.6 Å². The van der Waals surface area contributed by atoms with Gasteiger partial charge in [-0.1, -0.05) is 19.1 Å². The highest BCUT2D eigenvalue weighted by atomic mass is 16.1. The lowest BCUT2D eigenvalue weighted by molar-refractivity contribution is -0.118. The van der Waals surface area contributed by atoms with E-state index in [4.69, 9.17) is 0 Å². The second-order valence-electron chi connectivity index (χ2n) is 4.04. The van der Waals surface area contributed by atoms with Crippen molar-refractivity contribution in [1.29, 1.82) is 0 Å². The third kappa shape index (κ3) is 1.98. The van der Waals surface area contributed by atoms with Gasteiger partial charge in [-0.2, -0.15) is 0 Å². The van der Waals surface area contributed by atoms with Crippen LogP contribution < -0.4 is 0 Å². The zero-order chi connectivity index (χ0) is 11.5. The van der Waals surface area contributed by atoms with Crippen molar-refractivity contribution in [3.8, 4) is 0 Å². The minimum Gasteiger partial charge on any atom is -0.331 e. The lowest BCUT2D eigenvalue weighted by atomic mass is 10.2. The zero-order valence-corrected chi connectivity index (χ0v) is 9.73. The Kier molecular flexibility index (Phi) is 3.04. The number of Topliss-reactive ketones (excluding diaryl/α,β-unsaturated/α-hetero) is 1. The number of aromatic nitrogens is 2. The molecule has 16 heavy (non-hydrogen) atoms. The van der Waals surface area contributed by atoms with Crippen molar-refractivity contribution in [2.45, 2.75) is 26.2 Å². The Morgan fingerprint density at radius 3 is 2.81 bits per heavy atom. The average Bonchev–Trinajstić information content (AvgIpc) is 2.57. The highest BCUT2D eigenvalue weighted by Gasteiger charge is 2.10. The second kappa shape index (κ2) is 4.47. The quantitative estimate of drug-likeness (QED) is 0.787. The molecule has 0 aliphatic carbocycles. The van der Waals surface area contributed by atoms with Crippen LogP contribution in [0.15, 0.2) is 24.3 Å². The number of carbonyl (C=O) groups excluding carboxylic acids is 1. The molecule has 0 radical (unpaired) electrons. The van der Waals surface area contributed by atoms with E-state index in [0.29, 0.717) is 12.8 Å². The van der Waals surface area contributed by atoms with Crippen molar-refractivity contribution in [3.05, 3.63) is 30.1 Å². The van der Waals surface area contributed by atoms with Crippen molar-refractivity contribution in [2.75, 3.05) is 0 Å². The van der Waals surface area contributed by atoms with Gasteiger partial charge in [0.15, 0.2) is 0 Å². The van der Waals surface area contributed by atoms with Crippen molar-refractivity contribution in [2.24, 2.45) is 7.05 Å². The third-order valence-corrected chi connectivity index (χ3v) is 2.76. The summed E-state index contributed by atoms with van der Waals surface area (Å²) in [7, 11) is 1.96. The Bertz CT molecular complexity index is 514. The minimum absolute atomic E-state index is 0.265. The summed E-state index contributed by atoms with van der Waals surface area (Å²) in [5.74, 6) is 1.13. The summed E-state index contributed by atoms with van der Waals surface area (Å²) in [5.41, 5.74) is 2.05. The van der Waals surface area contributed by atoms with Gasteiger partial charge in [-0.15, -0.1) is 0 Å². The SMILES string of the molecule is CCCC(=O)Cc1nc2ccccc2n1C. The number of imidazole rings is 1. The lowest BCUT2D eigenvalue weighted by Gasteiger charge is -2.00. The molecular weight excluding hydrogens is 200 g/mol. The van der Waals surface area contributed by atoms with Gasteiger partial charge >= 0.3 is 0 Å². The molecule has 0 saturated heterocycles. The van der Waals surface area contributed by atoms with Crippen LogP contribution in [-0.4, -0.2) is 15.3 Å². The van der Waals surface area contributed by atoms with E-state index in [0.717, 1.165) is 23.3 Å². The van der Waals surface area contributed by atoms with E-state index >= 15 is 0 Å². The number of hydrogen-bond acceptors (Lipinski definition) is 2. The van der Waals surface area contributed by atoms with Crippen LogP contribution in [0.2, 0.25) is 0 Å². The van der Waals surface area contributed by atoms with Crippen LogP contribution >= 0.6 is 0 Å². The summed E-state index contributed by atoms with van der Waals surface area (Å²) in [6.07, 6.45) is 1.99. The number of rotatable bonds is 4. The molecule has 2 aromatic rings. The first-order valence-electron chi connectivity index (χ1n) is 5.64. The standard InChI is InChI=1S/C13H16N2O/c1-3-6-10(16)9-13-14-11-7-4-5-8-12(11)15(13)2/h4-5,7-8H,3,6,9H2,1-2H3. The molecule has 0 bridgehead atoms. The van der Waals surface area contributed by atoms with Gasteiger partial charge in [-0.3, -0.25) is 4.79 Å². The summed E-state index contributed by atoms with van der Waals surface area (Å²) in [5, 5.41) is 0. The van der Waals surface area contributed by atoms with Gasteiger partial charge in [0.1, 0.15) is 11.6 Å². The first-order valence-corrected chi connectivity index (χ1v) is 5.64. The van der Waals surface area contributed by atoms with Crippen molar-refractivity contribution in [3.63, 3.8) is 0 Å². The number of carbonyl (C=O) groups is 1. The minimum atomic E-state index is 0.265. The smallest absolute Gasteiger partial charge is 0.140 e. The summed E-state index contributed by atoms with van der Waals surface area (Å²) < 4.78 is 2.00. The number of ketones is 1. The molecule has 0 unspecified atom stereocenters.